The molecule has 0 aliphatic heterocycles. The molecule has 1 N–H and O–H groups in total. The summed E-state index contributed by atoms with van der Waals surface area (Å²) in [6, 6.07) is 16.6. The van der Waals surface area contributed by atoms with Crippen LogP contribution in [0.5, 0.6) is 0 Å². The van der Waals surface area contributed by atoms with Crippen LogP contribution in [0, 0.1) is 12.7 Å². The number of benzene rings is 2. The van der Waals surface area contributed by atoms with Gasteiger partial charge in [0.2, 0.25) is 10.0 Å². The largest absolute Gasteiger partial charge is 0.306 e. The summed E-state index contributed by atoms with van der Waals surface area (Å²) in [5, 5.41) is 0. The molecule has 0 fully saturated rings. The first-order valence-electron chi connectivity index (χ1n) is 8.69. The average molecular weight is 395 g/mol. The molecule has 0 saturated heterocycles. The Kier molecular flexibility index (Phi) is 4.60. The van der Waals surface area contributed by atoms with Gasteiger partial charge in [0.25, 0.3) is 0 Å². The van der Waals surface area contributed by atoms with Crippen LogP contribution in [0.4, 0.5) is 10.1 Å². The summed E-state index contributed by atoms with van der Waals surface area (Å²) in [5.74, 6) is -0.764. The quantitative estimate of drug-likeness (QED) is 0.545. The molecule has 0 saturated carbocycles. The number of hydrogen-bond donors (Lipinski definition) is 1. The molecular formula is C21H18FN3O2S. The fourth-order valence-corrected chi connectivity index (χ4v) is 4.27. The van der Waals surface area contributed by atoms with E-state index in [2.05, 4.69) is 9.71 Å². The van der Waals surface area contributed by atoms with Crippen LogP contribution < -0.4 is 4.72 Å². The Labute approximate surface area is 162 Å². The van der Waals surface area contributed by atoms with E-state index in [1.165, 1.54) is 18.2 Å². The van der Waals surface area contributed by atoms with Gasteiger partial charge in [-0.1, -0.05) is 30.3 Å². The highest BCUT2D eigenvalue weighted by molar-refractivity contribution is 7.91. The summed E-state index contributed by atoms with van der Waals surface area (Å²) >= 11 is 0. The topological polar surface area (TPSA) is 63.5 Å². The molecule has 0 aliphatic carbocycles. The number of nitrogens with one attached hydrogen (secondary N) is 1. The Bertz CT molecular complexity index is 1270. The van der Waals surface area contributed by atoms with Crippen LogP contribution in [0.3, 0.4) is 0 Å². The van der Waals surface area contributed by atoms with Crippen molar-refractivity contribution in [3.8, 4) is 11.3 Å². The molecule has 2 heterocycles. The predicted molar refractivity (Wildman–Crippen MR) is 108 cm³/mol. The van der Waals surface area contributed by atoms with E-state index in [4.69, 9.17) is 0 Å². The van der Waals surface area contributed by atoms with E-state index in [1.54, 1.807) is 24.3 Å². The molecular weight excluding hydrogens is 377 g/mol. The SMILES string of the molecule is Cc1cccn2cc(-c3cccc(NS(=O)(=O)Cc4cccc(F)c4)c3)nc12. The molecule has 0 atom stereocenters. The van der Waals surface area contributed by atoms with Crippen molar-refractivity contribution in [2.75, 3.05) is 4.72 Å². The van der Waals surface area contributed by atoms with Crippen molar-refractivity contribution in [2.24, 2.45) is 0 Å². The first-order valence-corrected chi connectivity index (χ1v) is 10.3. The first kappa shape index (κ1) is 18.2. The van der Waals surface area contributed by atoms with Crippen LogP contribution in [0.1, 0.15) is 11.1 Å². The van der Waals surface area contributed by atoms with Gasteiger partial charge in [0, 0.05) is 23.6 Å². The number of hydrogen-bond acceptors (Lipinski definition) is 3. The number of rotatable bonds is 5. The van der Waals surface area contributed by atoms with Crippen molar-refractivity contribution in [2.45, 2.75) is 12.7 Å². The maximum atomic E-state index is 13.3. The standard InChI is InChI=1S/C21H18FN3O2S/c1-15-5-4-10-25-13-20(23-21(15)25)17-7-3-9-19(12-17)24-28(26,27)14-16-6-2-8-18(22)11-16/h2-13,24H,14H2,1H3. The highest BCUT2D eigenvalue weighted by Crippen LogP contribution is 2.24. The fraction of sp³-hybridized carbons (Fsp3) is 0.0952. The summed E-state index contributed by atoms with van der Waals surface area (Å²) in [6.45, 7) is 1.99. The van der Waals surface area contributed by atoms with Gasteiger partial charge in [0.05, 0.1) is 11.4 Å². The van der Waals surface area contributed by atoms with Crippen molar-refractivity contribution >= 4 is 21.4 Å². The number of pyridine rings is 1. The molecule has 7 heteroatoms. The van der Waals surface area contributed by atoms with E-state index < -0.39 is 15.8 Å². The number of nitrogens with zero attached hydrogens (tertiary/aromatic N) is 2. The molecule has 0 amide bonds. The zero-order valence-electron chi connectivity index (χ0n) is 15.1. The van der Waals surface area contributed by atoms with Crippen molar-refractivity contribution in [1.29, 1.82) is 0 Å². The normalized spacial score (nSPS) is 11.6. The molecule has 4 rings (SSSR count). The third-order valence-corrected chi connectivity index (χ3v) is 5.62. The second-order valence-electron chi connectivity index (χ2n) is 6.62. The third-order valence-electron chi connectivity index (χ3n) is 4.36. The lowest BCUT2D eigenvalue weighted by atomic mass is 10.1. The number of fused-ring (bicyclic) bond motifs is 1. The van der Waals surface area contributed by atoms with Crippen LogP contribution >= 0.6 is 0 Å². The number of aryl methyl sites for hydroxylation is 1. The Morgan fingerprint density at radius 3 is 2.68 bits per heavy atom. The molecule has 0 unspecified atom stereocenters. The lowest BCUT2D eigenvalue weighted by Crippen LogP contribution is -2.15. The van der Waals surface area contributed by atoms with E-state index in [0.717, 1.165) is 22.5 Å². The van der Waals surface area contributed by atoms with Gasteiger partial charge in [-0.2, -0.15) is 0 Å². The molecule has 142 valence electrons. The number of anilines is 1. The van der Waals surface area contributed by atoms with E-state index in [-0.39, 0.29) is 5.75 Å². The summed E-state index contributed by atoms with van der Waals surface area (Å²) < 4.78 is 42.7. The van der Waals surface area contributed by atoms with Gasteiger partial charge in [0.1, 0.15) is 11.5 Å². The van der Waals surface area contributed by atoms with E-state index in [1.807, 2.05) is 41.9 Å². The average Bonchev–Trinajstić information content (AvgIpc) is 3.07. The summed E-state index contributed by atoms with van der Waals surface area (Å²) in [5.41, 5.74) is 4.28. The van der Waals surface area contributed by atoms with Gasteiger partial charge in [-0.3, -0.25) is 4.72 Å². The second-order valence-corrected chi connectivity index (χ2v) is 8.34. The van der Waals surface area contributed by atoms with Gasteiger partial charge in [-0.15, -0.1) is 0 Å². The zero-order chi connectivity index (χ0) is 19.7. The number of sulfonamides is 1. The minimum atomic E-state index is -3.68. The van der Waals surface area contributed by atoms with E-state index >= 15 is 0 Å². The number of halogens is 1. The minimum absolute atomic E-state index is 0.303. The summed E-state index contributed by atoms with van der Waals surface area (Å²) in [6.07, 6.45) is 3.83. The molecule has 0 spiro atoms. The predicted octanol–water partition coefficient (Wildman–Crippen LogP) is 4.39. The van der Waals surface area contributed by atoms with Gasteiger partial charge in [-0.05, 0) is 48.4 Å². The number of imidazole rings is 1. The molecule has 2 aromatic carbocycles. The van der Waals surface area contributed by atoms with Crippen LogP contribution in [-0.2, 0) is 15.8 Å². The monoisotopic (exact) mass is 395 g/mol. The van der Waals surface area contributed by atoms with Crippen LogP contribution in [0.2, 0.25) is 0 Å². The van der Waals surface area contributed by atoms with Crippen molar-refractivity contribution in [1.82, 2.24) is 9.38 Å². The minimum Gasteiger partial charge on any atom is -0.306 e. The molecule has 0 aliphatic rings. The molecule has 0 radical (unpaired) electrons. The van der Waals surface area contributed by atoms with E-state index in [9.17, 15) is 12.8 Å². The summed E-state index contributed by atoms with van der Waals surface area (Å²) in [4.78, 5) is 4.64. The van der Waals surface area contributed by atoms with Gasteiger partial charge >= 0.3 is 0 Å². The Morgan fingerprint density at radius 1 is 1.07 bits per heavy atom. The van der Waals surface area contributed by atoms with Crippen molar-refractivity contribution in [3.63, 3.8) is 0 Å². The van der Waals surface area contributed by atoms with Crippen molar-refractivity contribution < 1.29 is 12.8 Å². The number of aromatic nitrogens is 2. The fourth-order valence-electron chi connectivity index (χ4n) is 3.10. The highest BCUT2D eigenvalue weighted by atomic mass is 32.2. The van der Waals surface area contributed by atoms with Crippen LogP contribution in [0.25, 0.3) is 16.9 Å². The van der Waals surface area contributed by atoms with Crippen LogP contribution in [0.15, 0.2) is 73.1 Å². The lowest BCUT2D eigenvalue weighted by Gasteiger charge is -2.09. The molecule has 28 heavy (non-hydrogen) atoms. The lowest BCUT2D eigenvalue weighted by molar-refractivity contribution is 0.599. The smallest absolute Gasteiger partial charge is 0.236 e. The van der Waals surface area contributed by atoms with Gasteiger partial charge in [0.15, 0.2) is 0 Å². The second kappa shape index (κ2) is 7.09. The summed E-state index contributed by atoms with van der Waals surface area (Å²) in [7, 11) is -3.68. The van der Waals surface area contributed by atoms with Crippen molar-refractivity contribution in [3.05, 3.63) is 90.0 Å². The Morgan fingerprint density at radius 2 is 1.89 bits per heavy atom. The zero-order valence-corrected chi connectivity index (χ0v) is 15.9. The maximum absolute atomic E-state index is 13.3. The first-order chi connectivity index (χ1) is 13.4. The highest BCUT2D eigenvalue weighted by Gasteiger charge is 2.13. The van der Waals surface area contributed by atoms with Crippen LogP contribution in [-0.4, -0.2) is 17.8 Å². The van der Waals surface area contributed by atoms with Gasteiger partial charge in [-0.25, -0.2) is 17.8 Å². The third kappa shape index (κ3) is 3.89. The molecule has 0 bridgehead atoms. The van der Waals surface area contributed by atoms with E-state index in [0.29, 0.717) is 11.3 Å². The maximum Gasteiger partial charge on any atom is 0.236 e. The Hall–Kier alpha value is -3.19. The molecule has 2 aromatic heterocycles. The molecule has 5 nitrogen and oxygen atoms in total. The Balaban J connectivity index is 1.60. The molecule has 4 aromatic rings. The van der Waals surface area contributed by atoms with Gasteiger partial charge < -0.3 is 4.40 Å².